The molecule has 0 unspecified atom stereocenters. The third kappa shape index (κ3) is 3.00. The standard InChI is InChI=1S/C13H19BrN4O/c1-8-10(15)6-17-13(12(8)14)18(7-11(16)19)9-4-2-3-5-9/h6,9H,2-5,7,15H2,1H3,(H2,16,19). The number of nitrogens with zero attached hydrogens (tertiary/aromatic N) is 2. The Morgan fingerprint density at radius 2 is 2.16 bits per heavy atom. The molecule has 1 aromatic rings. The Hall–Kier alpha value is -1.30. The maximum atomic E-state index is 11.3. The van der Waals surface area contributed by atoms with Gasteiger partial charge in [0.2, 0.25) is 5.91 Å². The fraction of sp³-hybridized carbons (Fsp3) is 0.538. The highest BCUT2D eigenvalue weighted by Gasteiger charge is 2.27. The minimum absolute atomic E-state index is 0.194. The molecule has 5 nitrogen and oxygen atoms in total. The molecular formula is C13H19BrN4O. The fourth-order valence-electron chi connectivity index (χ4n) is 2.54. The molecule has 1 heterocycles. The van der Waals surface area contributed by atoms with Crippen molar-refractivity contribution in [3.8, 4) is 0 Å². The van der Waals surface area contributed by atoms with Crippen molar-refractivity contribution in [2.45, 2.75) is 38.6 Å². The summed E-state index contributed by atoms with van der Waals surface area (Å²) >= 11 is 3.53. The normalized spacial score (nSPS) is 15.7. The van der Waals surface area contributed by atoms with Crippen molar-refractivity contribution in [1.29, 1.82) is 0 Å². The van der Waals surface area contributed by atoms with Crippen molar-refractivity contribution in [3.63, 3.8) is 0 Å². The average Bonchev–Trinajstić information content (AvgIpc) is 2.87. The largest absolute Gasteiger partial charge is 0.397 e. The number of halogens is 1. The van der Waals surface area contributed by atoms with Crippen molar-refractivity contribution >= 4 is 33.3 Å². The van der Waals surface area contributed by atoms with Crippen LogP contribution in [0, 0.1) is 6.92 Å². The Bertz CT molecular complexity index is 486. The van der Waals surface area contributed by atoms with Gasteiger partial charge in [0.05, 0.1) is 22.9 Å². The van der Waals surface area contributed by atoms with E-state index in [-0.39, 0.29) is 12.5 Å². The summed E-state index contributed by atoms with van der Waals surface area (Å²) in [5.74, 6) is 0.424. The van der Waals surface area contributed by atoms with Crippen LogP contribution in [0.15, 0.2) is 10.7 Å². The summed E-state index contributed by atoms with van der Waals surface area (Å²) in [7, 11) is 0. The van der Waals surface area contributed by atoms with Crippen LogP contribution in [0.5, 0.6) is 0 Å². The van der Waals surface area contributed by atoms with Crippen LogP contribution >= 0.6 is 15.9 Å². The molecule has 1 aliphatic carbocycles. The first-order valence-corrected chi connectivity index (χ1v) is 7.25. The zero-order valence-electron chi connectivity index (χ0n) is 11.0. The Balaban J connectivity index is 2.37. The Morgan fingerprint density at radius 3 is 2.74 bits per heavy atom. The Morgan fingerprint density at radius 1 is 1.53 bits per heavy atom. The highest BCUT2D eigenvalue weighted by Crippen LogP contribution is 2.34. The molecule has 1 aliphatic rings. The first-order valence-electron chi connectivity index (χ1n) is 6.46. The molecular weight excluding hydrogens is 308 g/mol. The SMILES string of the molecule is Cc1c(N)cnc(N(CC(N)=O)C2CCCC2)c1Br. The summed E-state index contributed by atoms with van der Waals surface area (Å²) in [6.07, 6.45) is 6.16. The van der Waals surface area contributed by atoms with E-state index in [1.807, 2.05) is 11.8 Å². The summed E-state index contributed by atoms with van der Waals surface area (Å²) in [6, 6.07) is 0.333. The number of hydrogen-bond donors (Lipinski definition) is 2. The number of hydrogen-bond acceptors (Lipinski definition) is 4. The van der Waals surface area contributed by atoms with Crippen LogP contribution < -0.4 is 16.4 Å². The summed E-state index contributed by atoms with van der Waals surface area (Å²) in [6.45, 7) is 2.13. The zero-order chi connectivity index (χ0) is 14.0. The first-order chi connectivity index (χ1) is 9.00. The van der Waals surface area contributed by atoms with E-state index in [1.54, 1.807) is 6.20 Å². The van der Waals surface area contributed by atoms with Gasteiger partial charge in [-0.25, -0.2) is 4.98 Å². The molecule has 0 spiro atoms. The van der Waals surface area contributed by atoms with E-state index >= 15 is 0 Å². The van der Waals surface area contributed by atoms with Crippen LogP contribution in [0.2, 0.25) is 0 Å². The highest BCUT2D eigenvalue weighted by atomic mass is 79.9. The van der Waals surface area contributed by atoms with Gasteiger partial charge < -0.3 is 16.4 Å². The molecule has 0 atom stereocenters. The predicted molar refractivity (Wildman–Crippen MR) is 79.9 cm³/mol. The molecule has 19 heavy (non-hydrogen) atoms. The number of primary amides is 1. The molecule has 0 aromatic carbocycles. The lowest BCUT2D eigenvalue weighted by molar-refractivity contribution is -0.116. The molecule has 1 fully saturated rings. The summed E-state index contributed by atoms with van der Waals surface area (Å²) in [5.41, 5.74) is 12.8. The van der Waals surface area contributed by atoms with Crippen molar-refractivity contribution in [2.75, 3.05) is 17.2 Å². The minimum atomic E-state index is -0.338. The molecule has 6 heteroatoms. The van der Waals surface area contributed by atoms with E-state index in [0.29, 0.717) is 11.7 Å². The molecule has 0 aliphatic heterocycles. The lowest BCUT2D eigenvalue weighted by atomic mass is 10.2. The van der Waals surface area contributed by atoms with Gasteiger partial charge in [0.25, 0.3) is 0 Å². The molecule has 4 N–H and O–H groups in total. The topological polar surface area (TPSA) is 85.2 Å². The van der Waals surface area contributed by atoms with E-state index in [2.05, 4.69) is 20.9 Å². The third-order valence-electron chi connectivity index (χ3n) is 3.65. The Kier molecular flexibility index (Phi) is 4.29. The molecule has 0 radical (unpaired) electrons. The summed E-state index contributed by atoms with van der Waals surface area (Å²) in [5, 5.41) is 0. The monoisotopic (exact) mass is 326 g/mol. The quantitative estimate of drug-likeness (QED) is 0.885. The molecule has 1 saturated carbocycles. The predicted octanol–water partition coefficient (Wildman–Crippen LogP) is 1.97. The lowest BCUT2D eigenvalue weighted by Gasteiger charge is -2.30. The van der Waals surface area contributed by atoms with Crippen molar-refractivity contribution in [1.82, 2.24) is 4.98 Å². The minimum Gasteiger partial charge on any atom is -0.397 e. The van der Waals surface area contributed by atoms with Gasteiger partial charge in [-0.05, 0) is 41.3 Å². The van der Waals surface area contributed by atoms with Gasteiger partial charge >= 0.3 is 0 Å². The molecule has 1 amide bonds. The highest BCUT2D eigenvalue weighted by molar-refractivity contribution is 9.10. The summed E-state index contributed by atoms with van der Waals surface area (Å²) in [4.78, 5) is 17.7. The maximum Gasteiger partial charge on any atom is 0.237 e. The molecule has 2 rings (SSSR count). The number of nitrogens with two attached hydrogens (primary N) is 2. The summed E-state index contributed by atoms with van der Waals surface area (Å²) < 4.78 is 0.848. The second-order valence-corrected chi connectivity index (χ2v) is 5.80. The van der Waals surface area contributed by atoms with Crippen molar-refractivity contribution in [2.24, 2.45) is 5.73 Å². The van der Waals surface area contributed by atoms with E-state index in [9.17, 15) is 4.79 Å². The van der Waals surface area contributed by atoms with Gasteiger partial charge in [-0.3, -0.25) is 4.79 Å². The number of pyridine rings is 1. The third-order valence-corrected chi connectivity index (χ3v) is 4.60. The number of aromatic nitrogens is 1. The van der Waals surface area contributed by atoms with Gasteiger partial charge in [-0.15, -0.1) is 0 Å². The number of carbonyl (C=O) groups is 1. The van der Waals surface area contributed by atoms with Crippen molar-refractivity contribution < 1.29 is 4.79 Å². The number of carbonyl (C=O) groups excluding carboxylic acids is 1. The van der Waals surface area contributed by atoms with Crippen LogP contribution in [0.25, 0.3) is 0 Å². The van der Waals surface area contributed by atoms with E-state index in [4.69, 9.17) is 11.5 Å². The van der Waals surface area contributed by atoms with Crippen LogP contribution in [-0.2, 0) is 4.79 Å². The second kappa shape index (κ2) is 5.77. The van der Waals surface area contributed by atoms with Gasteiger partial charge in [0, 0.05) is 6.04 Å². The molecule has 1 aromatic heterocycles. The second-order valence-electron chi connectivity index (χ2n) is 5.01. The van der Waals surface area contributed by atoms with Crippen molar-refractivity contribution in [3.05, 3.63) is 16.2 Å². The fourth-order valence-corrected chi connectivity index (χ4v) is 3.10. The Labute approximate surface area is 121 Å². The van der Waals surface area contributed by atoms with E-state index in [0.717, 1.165) is 28.7 Å². The van der Waals surface area contributed by atoms with Gasteiger partial charge in [0.15, 0.2) is 0 Å². The van der Waals surface area contributed by atoms with Crippen LogP contribution in [0.1, 0.15) is 31.2 Å². The molecule has 0 bridgehead atoms. The van der Waals surface area contributed by atoms with Gasteiger partial charge in [0.1, 0.15) is 5.82 Å². The number of amides is 1. The number of rotatable bonds is 4. The number of nitrogen functional groups attached to an aromatic ring is 1. The number of anilines is 2. The van der Waals surface area contributed by atoms with E-state index in [1.165, 1.54) is 12.8 Å². The maximum absolute atomic E-state index is 11.3. The van der Waals surface area contributed by atoms with E-state index < -0.39 is 0 Å². The van der Waals surface area contributed by atoms with Gasteiger partial charge in [-0.2, -0.15) is 0 Å². The van der Waals surface area contributed by atoms with Crippen LogP contribution in [-0.4, -0.2) is 23.5 Å². The lowest BCUT2D eigenvalue weighted by Crippen LogP contribution is -2.41. The molecule has 104 valence electrons. The van der Waals surface area contributed by atoms with Crippen LogP contribution in [0.4, 0.5) is 11.5 Å². The van der Waals surface area contributed by atoms with Crippen LogP contribution in [0.3, 0.4) is 0 Å². The average molecular weight is 327 g/mol. The smallest absolute Gasteiger partial charge is 0.237 e. The zero-order valence-corrected chi connectivity index (χ0v) is 12.6. The first kappa shape index (κ1) is 14.1. The van der Waals surface area contributed by atoms with Gasteiger partial charge in [-0.1, -0.05) is 12.8 Å². The molecule has 0 saturated heterocycles.